The van der Waals surface area contributed by atoms with Crippen molar-refractivity contribution >= 4 is 76.1 Å². The van der Waals surface area contributed by atoms with Gasteiger partial charge < -0.3 is 8.98 Å². The molecule has 2 aromatic heterocycles. The number of para-hydroxylation sites is 1. The van der Waals surface area contributed by atoms with E-state index in [9.17, 15) is 0 Å². The molecule has 0 spiro atoms. The van der Waals surface area contributed by atoms with E-state index in [0.717, 1.165) is 27.3 Å². The molecule has 176 valence electrons. The minimum absolute atomic E-state index is 0.920. The van der Waals surface area contributed by atoms with Crippen molar-refractivity contribution < 1.29 is 4.42 Å². The first-order valence-corrected chi connectivity index (χ1v) is 13.0. The Balaban J connectivity index is 1.55. The fourth-order valence-electron chi connectivity index (χ4n) is 6.44. The first-order chi connectivity index (χ1) is 18.8. The van der Waals surface area contributed by atoms with Crippen LogP contribution in [0.5, 0.6) is 0 Å². The molecular formula is C36H21NO. The summed E-state index contributed by atoms with van der Waals surface area (Å²) >= 11 is 0. The van der Waals surface area contributed by atoms with Crippen LogP contribution in [0.2, 0.25) is 0 Å². The zero-order valence-electron chi connectivity index (χ0n) is 20.5. The second kappa shape index (κ2) is 7.24. The number of benzene rings is 7. The molecule has 38 heavy (non-hydrogen) atoms. The number of furan rings is 1. The van der Waals surface area contributed by atoms with Gasteiger partial charge in [-0.15, -0.1) is 0 Å². The van der Waals surface area contributed by atoms with Crippen LogP contribution in [0, 0.1) is 0 Å². The van der Waals surface area contributed by atoms with Gasteiger partial charge in [0, 0.05) is 32.3 Å². The third-order valence-corrected chi connectivity index (χ3v) is 8.13. The van der Waals surface area contributed by atoms with Gasteiger partial charge in [0.2, 0.25) is 0 Å². The molecule has 0 amide bonds. The van der Waals surface area contributed by atoms with E-state index in [1.165, 1.54) is 54.4 Å². The monoisotopic (exact) mass is 483 g/mol. The Bertz CT molecular complexity index is 2400. The van der Waals surface area contributed by atoms with Crippen molar-refractivity contribution in [3.63, 3.8) is 0 Å². The van der Waals surface area contributed by atoms with E-state index in [1.54, 1.807) is 0 Å². The Hall–Kier alpha value is -5.08. The fraction of sp³-hybridized carbons (Fsp3) is 0. The number of hydrogen-bond acceptors (Lipinski definition) is 1. The van der Waals surface area contributed by atoms with E-state index in [1.807, 2.05) is 6.07 Å². The number of rotatable bonds is 1. The van der Waals surface area contributed by atoms with Crippen molar-refractivity contribution in [2.24, 2.45) is 0 Å². The molecule has 0 bridgehead atoms. The van der Waals surface area contributed by atoms with Crippen molar-refractivity contribution in [3.8, 4) is 5.69 Å². The fourth-order valence-corrected chi connectivity index (χ4v) is 6.44. The van der Waals surface area contributed by atoms with Gasteiger partial charge >= 0.3 is 0 Å². The summed E-state index contributed by atoms with van der Waals surface area (Å²) in [5.74, 6) is 0. The molecule has 7 aromatic carbocycles. The van der Waals surface area contributed by atoms with Crippen LogP contribution in [-0.2, 0) is 0 Å². The van der Waals surface area contributed by atoms with Crippen LogP contribution < -0.4 is 0 Å². The summed E-state index contributed by atoms with van der Waals surface area (Å²) < 4.78 is 8.88. The van der Waals surface area contributed by atoms with Crippen molar-refractivity contribution in [2.45, 2.75) is 0 Å². The Kier molecular flexibility index (Phi) is 3.82. The molecule has 0 unspecified atom stereocenters. The van der Waals surface area contributed by atoms with E-state index in [2.05, 4.69) is 126 Å². The summed E-state index contributed by atoms with van der Waals surface area (Å²) in [7, 11) is 0. The highest BCUT2D eigenvalue weighted by Crippen LogP contribution is 2.43. The Morgan fingerprint density at radius 2 is 1.08 bits per heavy atom. The maximum atomic E-state index is 6.42. The van der Waals surface area contributed by atoms with Gasteiger partial charge in [0.1, 0.15) is 11.2 Å². The number of fused-ring (bicyclic) bond motifs is 11. The molecule has 2 heterocycles. The zero-order chi connectivity index (χ0) is 24.8. The molecule has 0 radical (unpaired) electrons. The van der Waals surface area contributed by atoms with Crippen molar-refractivity contribution in [1.82, 2.24) is 4.57 Å². The molecule has 0 saturated carbocycles. The quantitative estimate of drug-likeness (QED) is 0.227. The highest BCUT2D eigenvalue weighted by molar-refractivity contribution is 6.25. The molecule has 0 aliphatic rings. The summed E-state index contributed by atoms with van der Waals surface area (Å²) in [6.07, 6.45) is 0. The molecule has 0 fully saturated rings. The molecule has 0 saturated heterocycles. The highest BCUT2D eigenvalue weighted by Gasteiger charge is 2.20. The third kappa shape index (κ3) is 2.56. The van der Waals surface area contributed by atoms with E-state index in [0.29, 0.717) is 0 Å². The normalized spacial score (nSPS) is 12.2. The summed E-state index contributed by atoms with van der Waals surface area (Å²) in [6.45, 7) is 0. The van der Waals surface area contributed by atoms with Crippen LogP contribution in [0.3, 0.4) is 0 Å². The zero-order valence-corrected chi connectivity index (χ0v) is 20.5. The van der Waals surface area contributed by atoms with Gasteiger partial charge in [0.15, 0.2) is 0 Å². The molecule has 9 rings (SSSR count). The van der Waals surface area contributed by atoms with Crippen LogP contribution in [0.1, 0.15) is 0 Å². The van der Waals surface area contributed by atoms with Gasteiger partial charge in [-0.05, 0) is 51.9 Å². The lowest BCUT2D eigenvalue weighted by atomic mass is 10.0. The van der Waals surface area contributed by atoms with Crippen molar-refractivity contribution in [2.75, 3.05) is 0 Å². The van der Waals surface area contributed by atoms with Gasteiger partial charge in [-0.25, -0.2) is 0 Å². The van der Waals surface area contributed by atoms with Gasteiger partial charge in [-0.2, -0.15) is 0 Å². The Morgan fingerprint density at radius 3 is 1.92 bits per heavy atom. The second-order valence-corrected chi connectivity index (χ2v) is 10.1. The largest absolute Gasteiger partial charge is 0.455 e. The van der Waals surface area contributed by atoms with Gasteiger partial charge in [0.25, 0.3) is 0 Å². The lowest BCUT2D eigenvalue weighted by Crippen LogP contribution is -1.96. The van der Waals surface area contributed by atoms with Crippen LogP contribution >= 0.6 is 0 Å². The maximum Gasteiger partial charge on any atom is 0.143 e. The second-order valence-electron chi connectivity index (χ2n) is 10.1. The molecule has 0 N–H and O–H groups in total. The summed E-state index contributed by atoms with van der Waals surface area (Å²) in [5, 5.41) is 12.2. The SMILES string of the molecule is c1ccc2cc3c(cc2c1)c1c2ccccc2ccc1n3-c1cc2c3ccccc3oc2c2ccccc12. The first-order valence-electron chi connectivity index (χ1n) is 13.0. The van der Waals surface area contributed by atoms with E-state index in [-0.39, 0.29) is 0 Å². The molecule has 2 heteroatoms. The summed E-state index contributed by atoms with van der Waals surface area (Å²) in [4.78, 5) is 0. The van der Waals surface area contributed by atoms with Crippen LogP contribution in [0.4, 0.5) is 0 Å². The summed E-state index contributed by atoms with van der Waals surface area (Å²) in [6, 6.07) is 45.9. The van der Waals surface area contributed by atoms with E-state index in [4.69, 9.17) is 4.42 Å². The topological polar surface area (TPSA) is 18.1 Å². The van der Waals surface area contributed by atoms with Crippen LogP contribution in [0.15, 0.2) is 132 Å². The standard InChI is InChI=1S/C36H21NO/c1-2-11-24-20-32-30(19-23(24)10-1)35-25-12-4-3-9-22(25)17-18-31(35)37(32)33-21-29-27-14-7-8-16-34(27)38-36(29)28-15-6-5-13-26(28)33/h1-21H. The molecule has 9 aromatic rings. The molecule has 2 nitrogen and oxygen atoms in total. The van der Waals surface area contributed by atoms with Gasteiger partial charge in [-0.3, -0.25) is 0 Å². The molecule has 0 aliphatic carbocycles. The smallest absolute Gasteiger partial charge is 0.143 e. The van der Waals surface area contributed by atoms with Gasteiger partial charge in [0.05, 0.1) is 16.7 Å². The van der Waals surface area contributed by atoms with Crippen molar-refractivity contribution in [1.29, 1.82) is 0 Å². The maximum absolute atomic E-state index is 6.42. The first kappa shape index (κ1) is 20.0. The van der Waals surface area contributed by atoms with Crippen molar-refractivity contribution in [3.05, 3.63) is 127 Å². The summed E-state index contributed by atoms with van der Waals surface area (Å²) in [5.41, 5.74) is 5.47. The van der Waals surface area contributed by atoms with E-state index < -0.39 is 0 Å². The average molecular weight is 484 g/mol. The van der Waals surface area contributed by atoms with Gasteiger partial charge in [-0.1, -0.05) is 97.1 Å². The number of aromatic nitrogens is 1. The van der Waals surface area contributed by atoms with Crippen LogP contribution in [-0.4, -0.2) is 4.57 Å². The average Bonchev–Trinajstić information content (AvgIpc) is 3.51. The lowest BCUT2D eigenvalue weighted by molar-refractivity contribution is 0.672. The van der Waals surface area contributed by atoms with E-state index >= 15 is 0 Å². The van der Waals surface area contributed by atoms with Crippen LogP contribution in [0.25, 0.3) is 81.7 Å². The third-order valence-electron chi connectivity index (χ3n) is 8.13. The molecule has 0 aliphatic heterocycles. The number of nitrogens with zero attached hydrogens (tertiary/aromatic N) is 1. The Labute approximate surface area is 217 Å². The molecule has 0 atom stereocenters. The Morgan fingerprint density at radius 1 is 0.421 bits per heavy atom. The highest BCUT2D eigenvalue weighted by atomic mass is 16.3. The molecular weight excluding hydrogens is 462 g/mol. The minimum atomic E-state index is 0.920. The predicted octanol–water partition coefficient (Wildman–Crippen LogP) is 10.1. The lowest BCUT2D eigenvalue weighted by Gasteiger charge is -2.13. The predicted molar refractivity (Wildman–Crippen MR) is 161 cm³/mol. The minimum Gasteiger partial charge on any atom is -0.455 e. The number of hydrogen-bond donors (Lipinski definition) is 0.